The van der Waals surface area contributed by atoms with Gasteiger partial charge in [-0.25, -0.2) is 4.98 Å². The van der Waals surface area contributed by atoms with Gasteiger partial charge < -0.3 is 14.8 Å². The second-order valence-electron chi connectivity index (χ2n) is 7.98. The van der Waals surface area contributed by atoms with Gasteiger partial charge >= 0.3 is 0 Å². The lowest BCUT2D eigenvalue weighted by molar-refractivity contribution is -0.143. The third-order valence-electron chi connectivity index (χ3n) is 6.28. The van der Waals surface area contributed by atoms with E-state index in [0.29, 0.717) is 13.1 Å². The molecular weight excluding hydrogens is 360 g/mol. The van der Waals surface area contributed by atoms with Gasteiger partial charge in [-0.05, 0) is 44.7 Å². The molecule has 6 nitrogen and oxygen atoms in total. The van der Waals surface area contributed by atoms with E-state index in [0.717, 1.165) is 59.8 Å². The Balaban J connectivity index is 1.41. The average molecular weight is 385 g/mol. The normalized spacial score (nSPS) is 21.4. The van der Waals surface area contributed by atoms with Crippen molar-refractivity contribution in [1.29, 1.82) is 0 Å². The van der Waals surface area contributed by atoms with Crippen molar-refractivity contribution in [3.05, 3.63) is 39.6 Å². The number of hydrogen-bond acceptors (Lipinski definition) is 4. The molecule has 142 valence electrons. The number of carbonyl (C=O) groups excluding carboxylic acids is 2. The van der Waals surface area contributed by atoms with E-state index in [9.17, 15) is 9.59 Å². The molecule has 1 aliphatic carbocycles. The summed E-state index contributed by atoms with van der Waals surface area (Å²) in [6, 6.07) is 3.92. The predicted molar refractivity (Wildman–Crippen MR) is 103 cm³/mol. The number of aromatic nitrogens is 2. The van der Waals surface area contributed by atoms with Crippen molar-refractivity contribution in [3.63, 3.8) is 0 Å². The van der Waals surface area contributed by atoms with Crippen LogP contribution in [-0.2, 0) is 16.8 Å². The second kappa shape index (κ2) is 6.19. The first-order valence-electron chi connectivity index (χ1n) is 9.78. The third-order valence-corrected chi connectivity index (χ3v) is 7.27. The smallest absolute Gasteiger partial charge is 0.263 e. The highest BCUT2D eigenvalue weighted by Crippen LogP contribution is 2.45. The molecule has 0 atom stereocenters. The van der Waals surface area contributed by atoms with Crippen LogP contribution in [0.25, 0.3) is 0 Å². The summed E-state index contributed by atoms with van der Waals surface area (Å²) in [4.78, 5) is 39.8. The van der Waals surface area contributed by atoms with Crippen LogP contribution >= 0.6 is 11.3 Å². The molecule has 0 radical (unpaired) electrons. The van der Waals surface area contributed by atoms with Gasteiger partial charge in [0, 0.05) is 42.5 Å². The molecule has 0 aromatic carbocycles. The lowest BCUT2D eigenvalue weighted by atomic mass is 9.78. The minimum Gasteiger partial charge on any atom is -0.348 e. The third kappa shape index (κ3) is 2.71. The van der Waals surface area contributed by atoms with Gasteiger partial charge in [-0.2, -0.15) is 0 Å². The van der Waals surface area contributed by atoms with Crippen LogP contribution in [0.5, 0.6) is 0 Å². The van der Waals surface area contributed by atoms with E-state index in [1.54, 1.807) is 17.7 Å². The topological polar surface area (TPSA) is 69.3 Å². The molecule has 2 fully saturated rings. The molecule has 2 amide bonds. The molecule has 2 aromatic rings. The van der Waals surface area contributed by atoms with Crippen LogP contribution in [-0.4, -0.2) is 51.2 Å². The molecule has 0 bridgehead atoms. The van der Waals surface area contributed by atoms with Gasteiger partial charge in [0.1, 0.15) is 0 Å². The van der Waals surface area contributed by atoms with E-state index in [2.05, 4.69) is 14.9 Å². The number of likely N-dealkylation sites (tertiary alicyclic amines) is 1. The van der Waals surface area contributed by atoms with Gasteiger partial charge in [0.25, 0.3) is 5.91 Å². The van der Waals surface area contributed by atoms with Crippen LogP contribution in [0.2, 0.25) is 0 Å². The van der Waals surface area contributed by atoms with Crippen molar-refractivity contribution in [2.24, 2.45) is 5.92 Å². The summed E-state index contributed by atoms with van der Waals surface area (Å²) in [5.41, 5.74) is 1.83. The summed E-state index contributed by atoms with van der Waals surface area (Å²) in [5, 5.41) is 0. The molecule has 1 saturated carbocycles. The monoisotopic (exact) mass is 384 g/mol. The Morgan fingerprint density at radius 2 is 2.00 bits per heavy atom. The maximum absolute atomic E-state index is 13.0. The molecule has 1 spiro atoms. The highest BCUT2D eigenvalue weighted by atomic mass is 32.1. The largest absolute Gasteiger partial charge is 0.348 e. The Hall–Kier alpha value is -2.15. The molecule has 3 aliphatic rings. The number of imidazole rings is 1. The van der Waals surface area contributed by atoms with E-state index >= 15 is 0 Å². The number of thiophene rings is 1. The number of rotatable bonds is 2. The first-order valence-corrected chi connectivity index (χ1v) is 10.6. The highest BCUT2D eigenvalue weighted by molar-refractivity contribution is 7.13. The first-order chi connectivity index (χ1) is 13.1. The number of nitrogens with zero attached hydrogens (tertiary/aromatic N) is 3. The Morgan fingerprint density at radius 3 is 2.67 bits per heavy atom. The summed E-state index contributed by atoms with van der Waals surface area (Å²) in [5.74, 6) is 0.606. The highest BCUT2D eigenvalue weighted by Gasteiger charge is 2.51. The Labute approximate surface area is 162 Å². The molecule has 1 N–H and O–H groups in total. The van der Waals surface area contributed by atoms with Crippen molar-refractivity contribution in [2.75, 3.05) is 19.6 Å². The van der Waals surface area contributed by atoms with Gasteiger partial charge in [0.05, 0.1) is 22.4 Å². The number of H-pyrrole nitrogens is 1. The quantitative estimate of drug-likeness (QED) is 0.866. The van der Waals surface area contributed by atoms with Crippen molar-refractivity contribution in [2.45, 2.75) is 44.6 Å². The van der Waals surface area contributed by atoms with Gasteiger partial charge in [-0.1, -0.05) is 0 Å². The summed E-state index contributed by atoms with van der Waals surface area (Å²) in [6.07, 6.45) is 6.15. The molecule has 1 saturated heterocycles. The number of carbonyl (C=O) groups is 2. The van der Waals surface area contributed by atoms with Crippen LogP contribution in [0, 0.1) is 12.8 Å². The summed E-state index contributed by atoms with van der Waals surface area (Å²) in [6.45, 7) is 4.10. The number of amides is 2. The number of aromatic amines is 1. The van der Waals surface area contributed by atoms with Gasteiger partial charge in [-0.15, -0.1) is 11.3 Å². The standard InChI is InChI=1S/C20H24N4O2S/c1-13-2-5-16(27-13)19(26)23-10-7-20(8-11-23)17-15(21-12-22-17)6-9-24(20)18(25)14-3-4-14/h2,5,12,14H,3-4,6-11H2,1H3,(H,21,22). The fraction of sp³-hybridized carbons (Fsp3) is 0.550. The number of hydrogen-bond donors (Lipinski definition) is 1. The van der Waals surface area contributed by atoms with Crippen molar-refractivity contribution >= 4 is 23.2 Å². The van der Waals surface area contributed by atoms with Crippen molar-refractivity contribution in [3.8, 4) is 0 Å². The summed E-state index contributed by atoms with van der Waals surface area (Å²) >= 11 is 1.55. The second-order valence-corrected chi connectivity index (χ2v) is 9.27. The van der Waals surface area contributed by atoms with E-state index in [1.807, 2.05) is 24.0 Å². The van der Waals surface area contributed by atoms with Crippen LogP contribution in [0.4, 0.5) is 0 Å². The van der Waals surface area contributed by atoms with Crippen LogP contribution in [0.3, 0.4) is 0 Å². The molecular formula is C20H24N4O2S. The summed E-state index contributed by atoms with van der Waals surface area (Å²) in [7, 11) is 0. The van der Waals surface area contributed by atoms with Crippen molar-refractivity contribution in [1.82, 2.24) is 19.8 Å². The van der Waals surface area contributed by atoms with Gasteiger partial charge in [0.15, 0.2) is 0 Å². The Morgan fingerprint density at radius 1 is 1.22 bits per heavy atom. The van der Waals surface area contributed by atoms with Crippen LogP contribution in [0.1, 0.15) is 51.6 Å². The Kier molecular flexibility index (Phi) is 3.89. The fourth-order valence-corrected chi connectivity index (χ4v) is 5.48. The maximum atomic E-state index is 13.0. The number of fused-ring (bicyclic) bond motifs is 2. The molecule has 0 unspecified atom stereocenters. The Bertz CT molecular complexity index is 889. The summed E-state index contributed by atoms with van der Waals surface area (Å²) < 4.78 is 0. The lowest BCUT2D eigenvalue weighted by Crippen LogP contribution is -2.59. The zero-order valence-corrected chi connectivity index (χ0v) is 16.3. The first kappa shape index (κ1) is 17.0. The van der Waals surface area contributed by atoms with Gasteiger partial charge in [-0.3, -0.25) is 9.59 Å². The molecule has 2 aromatic heterocycles. The van der Waals surface area contributed by atoms with E-state index in [4.69, 9.17) is 0 Å². The molecule has 27 heavy (non-hydrogen) atoms. The minimum absolute atomic E-state index is 0.112. The zero-order chi connectivity index (χ0) is 18.6. The lowest BCUT2D eigenvalue weighted by Gasteiger charge is -2.50. The zero-order valence-electron chi connectivity index (χ0n) is 15.5. The molecule has 2 aliphatic heterocycles. The predicted octanol–water partition coefficient (Wildman–Crippen LogP) is 2.71. The van der Waals surface area contributed by atoms with E-state index in [-0.39, 0.29) is 23.3 Å². The minimum atomic E-state index is -0.352. The molecule has 5 rings (SSSR count). The maximum Gasteiger partial charge on any atom is 0.263 e. The number of piperidine rings is 1. The molecule has 7 heteroatoms. The van der Waals surface area contributed by atoms with Crippen molar-refractivity contribution < 1.29 is 9.59 Å². The number of aryl methyl sites for hydroxylation is 1. The van der Waals surface area contributed by atoms with E-state index < -0.39 is 0 Å². The van der Waals surface area contributed by atoms with Crippen LogP contribution < -0.4 is 0 Å². The number of nitrogens with one attached hydrogen (secondary N) is 1. The van der Waals surface area contributed by atoms with Gasteiger partial charge in [0.2, 0.25) is 5.91 Å². The SMILES string of the molecule is Cc1ccc(C(=O)N2CCC3(CC2)c2nc[nH]c2CCN3C(=O)C2CC2)s1. The molecule has 4 heterocycles. The van der Waals surface area contributed by atoms with Crippen LogP contribution in [0.15, 0.2) is 18.5 Å². The fourth-order valence-electron chi connectivity index (χ4n) is 4.64. The van der Waals surface area contributed by atoms with E-state index in [1.165, 1.54) is 0 Å². The average Bonchev–Trinajstić information content (AvgIpc) is 3.25.